The van der Waals surface area contributed by atoms with Crippen LogP contribution in [0.25, 0.3) is 22.2 Å². The van der Waals surface area contributed by atoms with E-state index in [1.54, 1.807) is 0 Å². The van der Waals surface area contributed by atoms with Crippen LogP contribution in [0.15, 0.2) is 84.9 Å². The highest BCUT2D eigenvalue weighted by molar-refractivity contribution is 5.92. The van der Waals surface area contributed by atoms with Gasteiger partial charge in [0, 0.05) is 10.9 Å². The molecule has 0 saturated carbocycles. The molecule has 5 heteroatoms. The molecule has 33 heavy (non-hydrogen) atoms. The van der Waals surface area contributed by atoms with Crippen molar-refractivity contribution in [3.05, 3.63) is 102 Å². The van der Waals surface area contributed by atoms with Crippen molar-refractivity contribution in [2.45, 2.75) is 25.3 Å². The van der Waals surface area contributed by atoms with Crippen LogP contribution in [0, 0.1) is 22.7 Å². The third-order valence-electron chi connectivity index (χ3n) is 5.58. The van der Waals surface area contributed by atoms with Gasteiger partial charge in [0.1, 0.15) is 0 Å². The molecule has 4 rings (SSSR count). The van der Waals surface area contributed by atoms with Crippen LogP contribution in [0.1, 0.15) is 29.2 Å². The number of pyridine rings is 1. The standard InChI is InChI=1S/C28H22N4O/c29-17-15-23-24(19-27(33)31-25(16-18-30)20-9-3-1-4-10-20)22-13-7-8-14-26(22)32-28(23)21-11-5-2-6-12-21/h1-14,25H,15-16,19H2,(H,31,33)/t25-/m0/s1. The second kappa shape index (κ2) is 10.2. The summed E-state index contributed by atoms with van der Waals surface area (Å²) in [4.78, 5) is 18.0. The van der Waals surface area contributed by atoms with E-state index >= 15 is 0 Å². The fraction of sp³-hybridized carbons (Fsp3) is 0.143. The van der Waals surface area contributed by atoms with Crippen molar-refractivity contribution in [3.63, 3.8) is 0 Å². The molecule has 0 radical (unpaired) electrons. The monoisotopic (exact) mass is 430 g/mol. The third-order valence-corrected chi connectivity index (χ3v) is 5.58. The maximum Gasteiger partial charge on any atom is 0.224 e. The zero-order valence-electron chi connectivity index (χ0n) is 18.0. The van der Waals surface area contributed by atoms with Crippen molar-refractivity contribution in [2.75, 3.05) is 0 Å². The normalized spacial score (nSPS) is 11.3. The Morgan fingerprint density at radius 1 is 0.848 bits per heavy atom. The van der Waals surface area contributed by atoms with Crippen LogP contribution in [0.4, 0.5) is 0 Å². The van der Waals surface area contributed by atoms with Gasteiger partial charge in [0.05, 0.1) is 48.7 Å². The number of nitriles is 2. The summed E-state index contributed by atoms with van der Waals surface area (Å²) in [7, 11) is 0. The number of carbonyl (C=O) groups is 1. The largest absolute Gasteiger partial charge is 0.348 e. The number of aromatic nitrogens is 1. The fourth-order valence-corrected chi connectivity index (χ4v) is 4.06. The van der Waals surface area contributed by atoms with Crippen LogP contribution in [-0.2, 0) is 17.6 Å². The van der Waals surface area contributed by atoms with E-state index < -0.39 is 6.04 Å². The summed E-state index contributed by atoms with van der Waals surface area (Å²) in [5.74, 6) is -0.200. The molecule has 1 N–H and O–H groups in total. The molecule has 4 aromatic rings. The number of benzene rings is 3. The highest BCUT2D eigenvalue weighted by atomic mass is 16.1. The molecule has 0 saturated heterocycles. The van der Waals surface area contributed by atoms with Gasteiger partial charge in [-0.25, -0.2) is 4.98 Å². The molecular formula is C28H22N4O. The van der Waals surface area contributed by atoms with Gasteiger partial charge < -0.3 is 5.32 Å². The number of carbonyl (C=O) groups excluding carboxylic acids is 1. The van der Waals surface area contributed by atoms with Gasteiger partial charge in [-0.15, -0.1) is 0 Å². The first-order chi connectivity index (χ1) is 16.2. The minimum Gasteiger partial charge on any atom is -0.348 e. The summed E-state index contributed by atoms with van der Waals surface area (Å²) in [5.41, 5.74) is 4.83. The van der Waals surface area contributed by atoms with E-state index in [0.717, 1.165) is 38.9 Å². The summed E-state index contributed by atoms with van der Waals surface area (Å²) in [5, 5.41) is 22.7. The van der Waals surface area contributed by atoms with E-state index in [1.165, 1.54) is 0 Å². The maximum absolute atomic E-state index is 13.2. The molecule has 1 amide bonds. The van der Waals surface area contributed by atoms with Gasteiger partial charge in [0.2, 0.25) is 5.91 Å². The van der Waals surface area contributed by atoms with E-state index in [9.17, 15) is 15.3 Å². The number of amides is 1. The van der Waals surface area contributed by atoms with E-state index in [2.05, 4.69) is 17.5 Å². The lowest BCUT2D eigenvalue weighted by molar-refractivity contribution is -0.121. The van der Waals surface area contributed by atoms with Gasteiger partial charge in [-0.05, 0) is 22.8 Å². The Kier molecular flexibility index (Phi) is 6.73. The van der Waals surface area contributed by atoms with E-state index in [1.807, 2.05) is 84.9 Å². The Morgan fingerprint density at radius 3 is 2.21 bits per heavy atom. The molecule has 3 aromatic carbocycles. The topological polar surface area (TPSA) is 89.6 Å². The van der Waals surface area contributed by atoms with Crippen molar-refractivity contribution in [3.8, 4) is 23.4 Å². The Balaban J connectivity index is 1.76. The molecule has 1 heterocycles. The summed E-state index contributed by atoms with van der Waals surface area (Å²) in [6.45, 7) is 0. The number of nitrogens with zero attached hydrogens (tertiary/aromatic N) is 3. The molecule has 1 aromatic heterocycles. The number of nitrogens with one attached hydrogen (secondary N) is 1. The summed E-state index contributed by atoms with van der Waals surface area (Å²) < 4.78 is 0. The zero-order valence-corrected chi connectivity index (χ0v) is 18.0. The highest BCUT2D eigenvalue weighted by Gasteiger charge is 2.20. The SMILES string of the molecule is N#CCc1c(-c2ccccc2)nc2ccccc2c1CC(=O)N[C@@H](CC#N)c1ccccc1. The van der Waals surface area contributed by atoms with Crippen LogP contribution in [0.2, 0.25) is 0 Å². The number of hydrogen-bond donors (Lipinski definition) is 1. The van der Waals surface area contributed by atoms with Crippen molar-refractivity contribution in [1.82, 2.24) is 10.3 Å². The molecule has 0 spiro atoms. The minimum atomic E-state index is -0.398. The average molecular weight is 431 g/mol. The summed E-state index contributed by atoms with van der Waals surface area (Å²) in [6.07, 6.45) is 0.410. The summed E-state index contributed by atoms with van der Waals surface area (Å²) >= 11 is 0. The third kappa shape index (κ3) is 4.89. The molecule has 0 aliphatic rings. The van der Waals surface area contributed by atoms with Gasteiger partial charge in [-0.2, -0.15) is 10.5 Å². The van der Waals surface area contributed by atoms with Gasteiger partial charge in [-0.3, -0.25) is 4.79 Å². The van der Waals surface area contributed by atoms with Crippen LogP contribution < -0.4 is 5.32 Å². The number of rotatable bonds is 7. The first kappa shape index (κ1) is 21.7. The summed E-state index contributed by atoms with van der Waals surface area (Å²) in [6, 6.07) is 30.9. The molecule has 5 nitrogen and oxygen atoms in total. The first-order valence-electron chi connectivity index (χ1n) is 10.8. The molecule has 1 atom stereocenters. The zero-order chi connectivity index (χ0) is 23.0. The van der Waals surface area contributed by atoms with E-state index in [4.69, 9.17) is 4.98 Å². The fourth-order valence-electron chi connectivity index (χ4n) is 4.06. The van der Waals surface area contributed by atoms with E-state index in [-0.39, 0.29) is 25.2 Å². The molecule has 0 unspecified atom stereocenters. The molecule has 0 fully saturated rings. The number of fused-ring (bicyclic) bond motifs is 1. The maximum atomic E-state index is 13.2. The Bertz CT molecular complexity index is 1350. The van der Waals surface area contributed by atoms with Crippen LogP contribution in [0.5, 0.6) is 0 Å². The lowest BCUT2D eigenvalue weighted by Gasteiger charge is -2.19. The van der Waals surface area contributed by atoms with Crippen LogP contribution in [-0.4, -0.2) is 10.9 Å². The quantitative estimate of drug-likeness (QED) is 0.432. The predicted molar refractivity (Wildman–Crippen MR) is 128 cm³/mol. The number of para-hydroxylation sites is 1. The van der Waals surface area contributed by atoms with Gasteiger partial charge in [-0.1, -0.05) is 78.9 Å². The molecule has 160 valence electrons. The van der Waals surface area contributed by atoms with Gasteiger partial charge in [0.15, 0.2) is 0 Å². The smallest absolute Gasteiger partial charge is 0.224 e. The average Bonchev–Trinajstić information content (AvgIpc) is 2.86. The van der Waals surface area contributed by atoms with Crippen LogP contribution >= 0.6 is 0 Å². The van der Waals surface area contributed by atoms with Crippen LogP contribution in [0.3, 0.4) is 0 Å². The van der Waals surface area contributed by atoms with Gasteiger partial charge >= 0.3 is 0 Å². The molecule has 0 aliphatic heterocycles. The van der Waals surface area contributed by atoms with Crippen molar-refractivity contribution in [1.29, 1.82) is 10.5 Å². The van der Waals surface area contributed by atoms with Gasteiger partial charge in [0.25, 0.3) is 0 Å². The van der Waals surface area contributed by atoms with E-state index in [0.29, 0.717) is 0 Å². The lowest BCUT2D eigenvalue weighted by atomic mass is 9.92. The number of hydrogen-bond acceptors (Lipinski definition) is 4. The lowest BCUT2D eigenvalue weighted by Crippen LogP contribution is -2.30. The van der Waals surface area contributed by atoms with Crippen molar-refractivity contribution in [2.24, 2.45) is 0 Å². The molecule has 0 bridgehead atoms. The second-order valence-electron chi connectivity index (χ2n) is 7.71. The van der Waals surface area contributed by atoms with Crippen molar-refractivity contribution < 1.29 is 4.79 Å². The Morgan fingerprint density at radius 2 is 1.52 bits per heavy atom. The Hall–Kier alpha value is -4.48. The molecular weight excluding hydrogens is 408 g/mol. The first-order valence-corrected chi connectivity index (χ1v) is 10.8. The minimum absolute atomic E-state index is 0.0919. The van der Waals surface area contributed by atoms with Crippen molar-refractivity contribution >= 4 is 16.8 Å². The molecule has 0 aliphatic carbocycles. The second-order valence-corrected chi connectivity index (χ2v) is 7.71. The Labute approximate surface area is 192 Å². The predicted octanol–water partition coefficient (Wildman–Crippen LogP) is 5.28. The highest BCUT2D eigenvalue weighted by Crippen LogP contribution is 2.31.